The maximum Gasteiger partial charge on any atom is 0.337 e. The molecule has 0 aromatic heterocycles. The summed E-state index contributed by atoms with van der Waals surface area (Å²) in [6.07, 6.45) is 0. The summed E-state index contributed by atoms with van der Waals surface area (Å²) in [5, 5.41) is 12.3. The first-order chi connectivity index (χ1) is 9.10. The van der Waals surface area contributed by atoms with Crippen LogP contribution in [0.2, 0.25) is 0 Å². The second kappa shape index (κ2) is 5.92. The SMILES string of the molecule is COc1ccc(Nc2ccc(I)cc2)c(C(=O)O)c1. The molecule has 0 aliphatic carbocycles. The van der Waals surface area contributed by atoms with Crippen LogP contribution in [0.25, 0.3) is 0 Å². The molecule has 0 amide bonds. The Hall–Kier alpha value is -1.76. The minimum Gasteiger partial charge on any atom is -0.497 e. The van der Waals surface area contributed by atoms with Crippen molar-refractivity contribution < 1.29 is 14.6 Å². The lowest BCUT2D eigenvalue weighted by Crippen LogP contribution is -2.03. The van der Waals surface area contributed by atoms with Crippen molar-refractivity contribution in [3.05, 3.63) is 51.6 Å². The van der Waals surface area contributed by atoms with E-state index in [-0.39, 0.29) is 5.56 Å². The predicted octanol–water partition coefficient (Wildman–Crippen LogP) is 3.74. The molecule has 0 unspecified atom stereocenters. The largest absolute Gasteiger partial charge is 0.497 e. The van der Waals surface area contributed by atoms with E-state index < -0.39 is 5.97 Å². The number of halogens is 1. The van der Waals surface area contributed by atoms with Crippen LogP contribution in [0.5, 0.6) is 5.75 Å². The number of carboxylic acid groups (broad SMARTS) is 1. The molecule has 0 heterocycles. The van der Waals surface area contributed by atoms with Crippen LogP contribution in [-0.2, 0) is 0 Å². The van der Waals surface area contributed by atoms with E-state index in [1.807, 2.05) is 24.3 Å². The lowest BCUT2D eigenvalue weighted by atomic mass is 10.1. The number of hydrogen-bond donors (Lipinski definition) is 2. The van der Waals surface area contributed by atoms with E-state index in [1.54, 1.807) is 12.1 Å². The lowest BCUT2D eigenvalue weighted by Gasteiger charge is -2.11. The smallest absolute Gasteiger partial charge is 0.337 e. The first kappa shape index (κ1) is 13.7. The summed E-state index contributed by atoms with van der Waals surface area (Å²) in [5.74, 6) is -0.475. The molecule has 2 rings (SSSR count). The summed E-state index contributed by atoms with van der Waals surface area (Å²) >= 11 is 2.22. The summed E-state index contributed by atoms with van der Waals surface area (Å²) in [5.41, 5.74) is 1.56. The van der Waals surface area contributed by atoms with Crippen LogP contribution in [0.1, 0.15) is 10.4 Å². The second-order valence-electron chi connectivity index (χ2n) is 3.85. The minimum absolute atomic E-state index is 0.179. The summed E-state index contributed by atoms with van der Waals surface area (Å²) in [4.78, 5) is 11.2. The molecule has 0 saturated carbocycles. The van der Waals surface area contributed by atoms with E-state index >= 15 is 0 Å². The molecule has 2 aromatic carbocycles. The summed E-state index contributed by atoms with van der Waals surface area (Å²) in [7, 11) is 1.51. The number of nitrogens with one attached hydrogen (secondary N) is 1. The second-order valence-corrected chi connectivity index (χ2v) is 5.09. The zero-order valence-electron chi connectivity index (χ0n) is 10.2. The molecule has 0 bridgehead atoms. The third-order valence-corrected chi connectivity index (χ3v) is 3.30. The summed E-state index contributed by atoms with van der Waals surface area (Å²) in [6.45, 7) is 0. The van der Waals surface area contributed by atoms with Gasteiger partial charge in [0, 0.05) is 9.26 Å². The zero-order chi connectivity index (χ0) is 13.8. The van der Waals surface area contributed by atoms with Crippen molar-refractivity contribution in [2.75, 3.05) is 12.4 Å². The topological polar surface area (TPSA) is 58.6 Å². The first-order valence-corrected chi connectivity index (χ1v) is 6.62. The number of rotatable bonds is 4. The molecule has 4 nitrogen and oxygen atoms in total. The molecule has 0 aliphatic heterocycles. The van der Waals surface area contributed by atoms with E-state index in [0.717, 1.165) is 9.26 Å². The maximum atomic E-state index is 11.2. The van der Waals surface area contributed by atoms with E-state index in [0.29, 0.717) is 11.4 Å². The minimum atomic E-state index is -0.994. The molecular weight excluding hydrogens is 357 g/mol. The Morgan fingerprint density at radius 2 is 1.89 bits per heavy atom. The van der Waals surface area contributed by atoms with Gasteiger partial charge in [-0.15, -0.1) is 0 Å². The highest BCUT2D eigenvalue weighted by Crippen LogP contribution is 2.25. The van der Waals surface area contributed by atoms with Gasteiger partial charge in [0.2, 0.25) is 0 Å². The van der Waals surface area contributed by atoms with Crippen molar-refractivity contribution in [1.29, 1.82) is 0 Å². The van der Waals surface area contributed by atoms with Crippen LogP contribution in [0.4, 0.5) is 11.4 Å². The number of carbonyl (C=O) groups is 1. The standard InChI is InChI=1S/C14H12INO3/c1-19-11-6-7-13(12(8-11)14(17)18)16-10-4-2-9(15)3-5-10/h2-8,16H,1H3,(H,17,18). The van der Waals surface area contributed by atoms with Gasteiger partial charge in [0.25, 0.3) is 0 Å². The Morgan fingerprint density at radius 1 is 1.21 bits per heavy atom. The van der Waals surface area contributed by atoms with Crippen molar-refractivity contribution in [2.45, 2.75) is 0 Å². The lowest BCUT2D eigenvalue weighted by molar-refractivity contribution is 0.0697. The van der Waals surface area contributed by atoms with Gasteiger partial charge in [-0.1, -0.05) is 0 Å². The highest BCUT2D eigenvalue weighted by atomic mass is 127. The molecule has 98 valence electrons. The fourth-order valence-electron chi connectivity index (χ4n) is 1.63. The third kappa shape index (κ3) is 3.37. The van der Waals surface area contributed by atoms with E-state index in [2.05, 4.69) is 27.9 Å². The summed E-state index contributed by atoms with van der Waals surface area (Å²) in [6, 6.07) is 12.6. The quantitative estimate of drug-likeness (QED) is 0.807. The Balaban J connectivity index is 2.33. The Bertz CT molecular complexity index is 596. The van der Waals surface area contributed by atoms with Crippen molar-refractivity contribution in [2.24, 2.45) is 0 Å². The average molecular weight is 369 g/mol. The third-order valence-electron chi connectivity index (χ3n) is 2.58. The Labute approximate surface area is 124 Å². The molecule has 19 heavy (non-hydrogen) atoms. The van der Waals surface area contributed by atoms with Crippen LogP contribution in [-0.4, -0.2) is 18.2 Å². The zero-order valence-corrected chi connectivity index (χ0v) is 12.3. The van der Waals surface area contributed by atoms with Gasteiger partial charge < -0.3 is 15.2 Å². The number of aromatic carboxylic acids is 1. The predicted molar refractivity (Wildman–Crippen MR) is 82.4 cm³/mol. The van der Waals surface area contributed by atoms with Gasteiger partial charge in [0.15, 0.2) is 0 Å². The fourth-order valence-corrected chi connectivity index (χ4v) is 1.98. The normalized spacial score (nSPS) is 10.0. The van der Waals surface area contributed by atoms with E-state index in [9.17, 15) is 9.90 Å². The van der Waals surface area contributed by atoms with Gasteiger partial charge in [-0.3, -0.25) is 0 Å². The number of ether oxygens (including phenoxy) is 1. The van der Waals surface area contributed by atoms with Crippen molar-refractivity contribution in [3.63, 3.8) is 0 Å². The molecule has 0 fully saturated rings. The Kier molecular flexibility index (Phi) is 4.26. The molecule has 0 saturated heterocycles. The number of anilines is 2. The number of methoxy groups -OCH3 is 1. The first-order valence-electron chi connectivity index (χ1n) is 5.54. The molecule has 0 atom stereocenters. The molecule has 5 heteroatoms. The van der Waals surface area contributed by atoms with Crippen LogP contribution < -0.4 is 10.1 Å². The number of benzene rings is 2. The number of carboxylic acids is 1. The van der Waals surface area contributed by atoms with Gasteiger partial charge in [0.1, 0.15) is 5.75 Å². The van der Waals surface area contributed by atoms with Crippen LogP contribution in [0.3, 0.4) is 0 Å². The van der Waals surface area contributed by atoms with Crippen molar-refractivity contribution in [3.8, 4) is 5.75 Å². The van der Waals surface area contributed by atoms with Crippen LogP contribution >= 0.6 is 22.6 Å². The monoisotopic (exact) mass is 369 g/mol. The van der Waals surface area contributed by atoms with E-state index in [4.69, 9.17) is 4.74 Å². The highest BCUT2D eigenvalue weighted by Gasteiger charge is 2.11. The van der Waals surface area contributed by atoms with Gasteiger partial charge in [0.05, 0.1) is 18.4 Å². The van der Waals surface area contributed by atoms with Gasteiger partial charge >= 0.3 is 5.97 Å². The highest BCUT2D eigenvalue weighted by molar-refractivity contribution is 14.1. The molecule has 2 aromatic rings. The molecule has 2 N–H and O–H groups in total. The van der Waals surface area contributed by atoms with Crippen LogP contribution in [0, 0.1) is 3.57 Å². The maximum absolute atomic E-state index is 11.2. The van der Waals surface area contributed by atoms with Gasteiger partial charge in [-0.05, 0) is 65.1 Å². The average Bonchev–Trinajstić information content (AvgIpc) is 2.41. The van der Waals surface area contributed by atoms with Gasteiger partial charge in [-0.2, -0.15) is 0 Å². The fraction of sp³-hybridized carbons (Fsp3) is 0.0714. The van der Waals surface area contributed by atoms with E-state index in [1.165, 1.54) is 13.2 Å². The number of hydrogen-bond acceptors (Lipinski definition) is 3. The molecular formula is C14H12INO3. The van der Waals surface area contributed by atoms with Crippen molar-refractivity contribution >= 4 is 39.9 Å². The van der Waals surface area contributed by atoms with Gasteiger partial charge in [-0.25, -0.2) is 4.79 Å². The molecule has 0 spiro atoms. The Morgan fingerprint density at radius 3 is 2.47 bits per heavy atom. The molecule has 0 aliphatic rings. The molecule has 0 radical (unpaired) electrons. The summed E-state index contributed by atoms with van der Waals surface area (Å²) < 4.78 is 6.16. The van der Waals surface area contributed by atoms with Crippen LogP contribution in [0.15, 0.2) is 42.5 Å². The van der Waals surface area contributed by atoms with Crippen molar-refractivity contribution in [1.82, 2.24) is 0 Å².